The van der Waals surface area contributed by atoms with Gasteiger partial charge in [0.1, 0.15) is 5.82 Å². The molecule has 2 N–H and O–H groups in total. The number of likely N-dealkylation sites (tertiary alicyclic amines) is 1. The monoisotopic (exact) mass is 342 g/mol. The second kappa shape index (κ2) is 6.28. The zero-order chi connectivity index (χ0) is 17.6. The van der Waals surface area contributed by atoms with E-state index in [1.165, 1.54) is 12.8 Å². The van der Waals surface area contributed by atoms with E-state index >= 15 is 0 Å². The minimum Gasteiger partial charge on any atom is -0.337 e. The Kier molecular flexibility index (Phi) is 4.09. The van der Waals surface area contributed by atoms with Crippen molar-refractivity contribution < 1.29 is 4.79 Å². The molecule has 1 aliphatic heterocycles. The molecule has 2 aliphatic rings. The van der Waals surface area contributed by atoms with Crippen LogP contribution in [0.25, 0.3) is 0 Å². The van der Waals surface area contributed by atoms with Crippen molar-refractivity contribution in [2.75, 3.05) is 13.1 Å². The Hall–Kier alpha value is -2.18. The second-order valence-corrected chi connectivity index (χ2v) is 7.67. The number of nitrogens with zero attached hydrogens (tertiary/aromatic N) is 4. The minimum absolute atomic E-state index is 0.0855. The Morgan fingerprint density at radius 3 is 2.76 bits per heavy atom. The summed E-state index contributed by atoms with van der Waals surface area (Å²) in [5.41, 5.74) is 1.62. The van der Waals surface area contributed by atoms with Gasteiger partial charge in [-0.25, -0.2) is 4.98 Å². The van der Waals surface area contributed by atoms with E-state index in [0.717, 1.165) is 30.3 Å². The Morgan fingerprint density at radius 1 is 1.32 bits per heavy atom. The average molecular weight is 342 g/mol. The van der Waals surface area contributed by atoms with Gasteiger partial charge in [0.05, 0.1) is 11.8 Å². The smallest absolute Gasteiger partial charge is 0.257 e. The van der Waals surface area contributed by atoms with E-state index in [4.69, 9.17) is 4.98 Å². The quantitative estimate of drug-likeness (QED) is 0.873. The summed E-state index contributed by atoms with van der Waals surface area (Å²) in [5, 5.41) is 14.5. The zero-order valence-corrected chi connectivity index (χ0v) is 15.1. The van der Waals surface area contributed by atoms with Crippen LogP contribution in [0.4, 0.5) is 0 Å². The number of aromatic amines is 2. The van der Waals surface area contributed by atoms with Gasteiger partial charge in [-0.05, 0) is 31.1 Å². The van der Waals surface area contributed by atoms with Gasteiger partial charge in [-0.15, -0.1) is 0 Å². The fourth-order valence-electron chi connectivity index (χ4n) is 3.94. The van der Waals surface area contributed by atoms with Crippen molar-refractivity contribution in [3.8, 4) is 0 Å². The molecular formula is C18H26N6O. The standard InChI is InChI=1S/C18H26N6O/c1-4-15-12(7-19-21-15)18(25)24-8-13(11-5-6-11)14(9-24)17-20-16(10(2)3)22-23-17/h7,10-11,13-14H,4-6,8-9H2,1-3H3,(H,19,21)(H,20,22,23)/t13-,14+/m1/s1. The number of H-pyrrole nitrogens is 2. The highest BCUT2D eigenvalue weighted by atomic mass is 16.2. The molecule has 1 amide bonds. The second-order valence-electron chi connectivity index (χ2n) is 7.67. The minimum atomic E-state index is 0.0855. The maximum absolute atomic E-state index is 13.0. The number of hydrogen-bond acceptors (Lipinski definition) is 4. The zero-order valence-electron chi connectivity index (χ0n) is 15.1. The number of carbonyl (C=O) groups excluding carboxylic acids is 1. The number of hydrogen-bond donors (Lipinski definition) is 2. The summed E-state index contributed by atoms with van der Waals surface area (Å²) in [6.07, 6.45) is 4.97. The van der Waals surface area contributed by atoms with Crippen molar-refractivity contribution in [3.63, 3.8) is 0 Å². The Morgan fingerprint density at radius 2 is 2.12 bits per heavy atom. The van der Waals surface area contributed by atoms with E-state index in [9.17, 15) is 4.79 Å². The topological polar surface area (TPSA) is 90.6 Å². The molecule has 25 heavy (non-hydrogen) atoms. The van der Waals surface area contributed by atoms with Crippen molar-refractivity contribution in [2.24, 2.45) is 11.8 Å². The maximum Gasteiger partial charge on any atom is 0.257 e. The van der Waals surface area contributed by atoms with Crippen LogP contribution in [-0.4, -0.2) is 49.3 Å². The van der Waals surface area contributed by atoms with Crippen LogP contribution in [-0.2, 0) is 6.42 Å². The first-order chi connectivity index (χ1) is 12.1. The SMILES string of the molecule is CCc1[nH]ncc1C(=O)N1C[C@H](c2nc(C(C)C)n[nH]2)[C@@H](C2CC2)C1. The lowest BCUT2D eigenvalue weighted by Crippen LogP contribution is -2.29. The number of nitrogens with one attached hydrogen (secondary N) is 2. The fraction of sp³-hybridized carbons (Fsp3) is 0.667. The first-order valence-electron chi connectivity index (χ1n) is 9.32. The number of amides is 1. The first-order valence-corrected chi connectivity index (χ1v) is 9.32. The molecule has 0 bridgehead atoms. The highest BCUT2D eigenvalue weighted by Gasteiger charge is 2.46. The molecular weight excluding hydrogens is 316 g/mol. The maximum atomic E-state index is 13.0. The van der Waals surface area contributed by atoms with Crippen LogP contribution in [0.3, 0.4) is 0 Å². The van der Waals surface area contributed by atoms with Crippen molar-refractivity contribution >= 4 is 5.91 Å². The molecule has 2 fully saturated rings. The third-order valence-corrected chi connectivity index (χ3v) is 5.57. The average Bonchev–Trinajstić information content (AvgIpc) is 3.07. The van der Waals surface area contributed by atoms with Gasteiger partial charge in [0.2, 0.25) is 0 Å². The van der Waals surface area contributed by atoms with Gasteiger partial charge in [-0.2, -0.15) is 10.2 Å². The van der Waals surface area contributed by atoms with Crippen LogP contribution in [0, 0.1) is 11.8 Å². The Balaban J connectivity index is 1.57. The number of carbonyl (C=O) groups is 1. The van der Waals surface area contributed by atoms with Crippen molar-refractivity contribution in [1.29, 1.82) is 0 Å². The van der Waals surface area contributed by atoms with Gasteiger partial charge in [0.15, 0.2) is 5.82 Å². The van der Waals surface area contributed by atoms with Crippen molar-refractivity contribution in [2.45, 2.75) is 51.9 Å². The fourth-order valence-corrected chi connectivity index (χ4v) is 3.94. The summed E-state index contributed by atoms with van der Waals surface area (Å²) in [6, 6.07) is 0. The molecule has 0 spiro atoms. The molecule has 4 rings (SSSR count). The van der Waals surface area contributed by atoms with E-state index < -0.39 is 0 Å². The summed E-state index contributed by atoms with van der Waals surface area (Å²) < 4.78 is 0. The molecule has 2 aromatic rings. The molecule has 1 saturated heterocycles. The molecule has 1 saturated carbocycles. The Bertz CT molecular complexity index is 759. The van der Waals surface area contributed by atoms with Crippen LogP contribution in [0.5, 0.6) is 0 Å². The van der Waals surface area contributed by atoms with E-state index in [1.807, 2.05) is 11.8 Å². The lowest BCUT2D eigenvalue weighted by Gasteiger charge is -2.16. The summed E-state index contributed by atoms with van der Waals surface area (Å²) in [6.45, 7) is 7.75. The first kappa shape index (κ1) is 16.3. The van der Waals surface area contributed by atoms with Crippen LogP contribution >= 0.6 is 0 Å². The highest BCUT2D eigenvalue weighted by molar-refractivity contribution is 5.95. The summed E-state index contributed by atoms with van der Waals surface area (Å²) >= 11 is 0. The highest BCUT2D eigenvalue weighted by Crippen LogP contribution is 2.47. The largest absolute Gasteiger partial charge is 0.337 e. The Labute approximate surface area is 147 Å². The summed E-state index contributed by atoms with van der Waals surface area (Å²) in [4.78, 5) is 19.7. The van der Waals surface area contributed by atoms with Crippen LogP contribution in [0.1, 0.15) is 73.1 Å². The molecule has 134 valence electrons. The summed E-state index contributed by atoms with van der Waals surface area (Å²) in [5.74, 6) is 3.65. The van der Waals surface area contributed by atoms with Gasteiger partial charge in [-0.3, -0.25) is 15.0 Å². The number of aryl methyl sites for hydroxylation is 1. The molecule has 0 aromatic carbocycles. The molecule has 2 atom stereocenters. The van der Waals surface area contributed by atoms with Crippen LogP contribution in [0.2, 0.25) is 0 Å². The van der Waals surface area contributed by atoms with Gasteiger partial charge >= 0.3 is 0 Å². The van der Waals surface area contributed by atoms with Crippen LogP contribution < -0.4 is 0 Å². The molecule has 0 radical (unpaired) electrons. The van der Waals surface area contributed by atoms with E-state index in [1.54, 1.807) is 6.20 Å². The molecule has 3 heterocycles. The predicted molar refractivity (Wildman–Crippen MR) is 93.3 cm³/mol. The van der Waals surface area contributed by atoms with Crippen molar-refractivity contribution in [1.82, 2.24) is 30.3 Å². The molecule has 7 nitrogen and oxygen atoms in total. The lowest BCUT2D eigenvalue weighted by molar-refractivity contribution is 0.0783. The van der Waals surface area contributed by atoms with Crippen molar-refractivity contribution in [3.05, 3.63) is 29.1 Å². The number of rotatable bonds is 5. The molecule has 7 heteroatoms. The molecule has 2 aromatic heterocycles. The third-order valence-electron chi connectivity index (χ3n) is 5.57. The van der Waals surface area contributed by atoms with Gasteiger partial charge in [0, 0.05) is 30.6 Å². The number of aromatic nitrogens is 5. The third kappa shape index (κ3) is 2.96. The van der Waals surface area contributed by atoms with Gasteiger partial charge in [-0.1, -0.05) is 20.8 Å². The van der Waals surface area contributed by atoms with E-state index in [0.29, 0.717) is 29.9 Å². The van der Waals surface area contributed by atoms with Crippen LogP contribution in [0.15, 0.2) is 6.20 Å². The summed E-state index contributed by atoms with van der Waals surface area (Å²) in [7, 11) is 0. The van der Waals surface area contributed by atoms with Gasteiger partial charge in [0.25, 0.3) is 5.91 Å². The molecule has 0 unspecified atom stereocenters. The molecule has 1 aliphatic carbocycles. The van der Waals surface area contributed by atoms with E-state index in [2.05, 4.69) is 34.2 Å². The van der Waals surface area contributed by atoms with Gasteiger partial charge < -0.3 is 4.90 Å². The lowest BCUT2D eigenvalue weighted by atomic mass is 9.91. The predicted octanol–water partition coefficient (Wildman–Crippen LogP) is 2.48. The normalized spacial score (nSPS) is 23.6. The van der Waals surface area contributed by atoms with E-state index in [-0.39, 0.29) is 11.8 Å².